The number of carbonyl (C=O) groups excluding carboxylic acids is 1. The van der Waals surface area contributed by atoms with Crippen molar-refractivity contribution < 1.29 is 4.79 Å². The van der Waals surface area contributed by atoms with Crippen LogP contribution in [0.3, 0.4) is 0 Å². The summed E-state index contributed by atoms with van der Waals surface area (Å²) in [5.74, 6) is 0.995. The van der Waals surface area contributed by atoms with E-state index in [1.807, 2.05) is 36.2 Å². The van der Waals surface area contributed by atoms with Gasteiger partial charge in [-0.1, -0.05) is 25.1 Å². The quantitative estimate of drug-likeness (QED) is 0.912. The number of rotatable bonds is 2. The minimum atomic E-state index is 0.0251. The predicted octanol–water partition coefficient (Wildman–Crippen LogP) is 1.63. The van der Waals surface area contributed by atoms with E-state index in [4.69, 9.17) is 5.73 Å². The van der Waals surface area contributed by atoms with Crippen LogP contribution in [0.1, 0.15) is 23.8 Å². The smallest absolute Gasteiger partial charge is 0.275 e. The molecule has 21 heavy (non-hydrogen) atoms. The van der Waals surface area contributed by atoms with Crippen molar-refractivity contribution in [1.29, 1.82) is 0 Å². The lowest BCUT2D eigenvalue weighted by atomic mass is 9.87. The molecule has 0 bridgehead atoms. The average molecular weight is 286 g/mol. The highest BCUT2D eigenvalue weighted by atomic mass is 16.2. The molecule has 5 heteroatoms. The number of hydrogen-bond acceptors (Lipinski definition) is 3. The van der Waals surface area contributed by atoms with Crippen molar-refractivity contribution in [2.45, 2.75) is 13.3 Å². The van der Waals surface area contributed by atoms with Crippen molar-refractivity contribution in [3.63, 3.8) is 0 Å². The molecule has 1 aliphatic rings. The Kier molecular flexibility index (Phi) is 3.68. The summed E-state index contributed by atoms with van der Waals surface area (Å²) in [6.45, 7) is 4.38. The van der Waals surface area contributed by atoms with Gasteiger partial charge >= 0.3 is 0 Å². The summed E-state index contributed by atoms with van der Waals surface area (Å²) in [6, 6.07) is 7.86. The average Bonchev–Trinajstić information content (AvgIpc) is 2.85. The third-order valence-corrected chi connectivity index (χ3v) is 4.66. The van der Waals surface area contributed by atoms with E-state index in [0.717, 1.165) is 30.4 Å². The third-order valence-electron chi connectivity index (χ3n) is 4.66. The van der Waals surface area contributed by atoms with Crippen LogP contribution in [0.15, 0.2) is 24.3 Å². The Bertz CT molecular complexity index is 663. The molecule has 5 nitrogen and oxygen atoms in total. The molecule has 2 atom stereocenters. The van der Waals surface area contributed by atoms with Crippen molar-refractivity contribution >= 4 is 16.8 Å². The van der Waals surface area contributed by atoms with Gasteiger partial charge in [0.1, 0.15) is 0 Å². The number of benzene rings is 1. The fraction of sp³-hybridized carbons (Fsp3) is 0.500. The molecule has 1 aliphatic heterocycles. The van der Waals surface area contributed by atoms with Crippen LogP contribution in [-0.2, 0) is 7.05 Å². The molecule has 112 valence electrons. The van der Waals surface area contributed by atoms with E-state index in [0.29, 0.717) is 24.1 Å². The van der Waals surface area contributed by atoms with Gasteiger partial charge in [-0.3, -0.25) is 9.48 Å². The van der Waals surface area contributed by atoms with E-state index in [2.05, 4.69) is 12.0 Å². The van der Waals surface area contributed by atoms with Crippen LogP contribution in [0.25, 0.3) is 10.9 Å². The van der Waals surface area contributed by atoms with E-state index < -0.39 is 0 Å². The molecule has 1 saturated heterocycles. The van der Waals surface area contributed by atoms with Gasteiger partial charge in [0, 0.05) is 25.5 Å². The highest BCUT2D eigenvalue weighted by Gasteiger charge is 2.30. The minimum Gasteiger partial charge on any atom is -0.337 e. The van der Waals surface area contributed by atoms with Crippen LogP contribution in [0.2, 0.25) is 0 Å². The second-order valence-electron chi connectivity index (χ2n) is 6.00. The van der Waals surface area contributed by atoms with Gasteiger partial charge in [-0.05, 0) is 30.9 Å². The third kappa shape index (κ3) is 2.42. The number of nitrogens with two attached hydrogens (primary N) is 1. The summed E-state index contributed by atoms with van der Waals surface area (Å²) in [5.41, 5.74) is 7.37. The Hall–Kier alpha value is -1.88. The topological polar surface area (TPSA) is 64.2 Å². The normalized spacial score (nSPS) is 22.7. The zero-order chi connectivity index (χ0) is 15.0. The van der Waals surface area contributed by atoms with Crippen molar-refractivity contribution in [3.8, 4) is 0 Å². The number of likely N-dealkylation sites (tertiary alicyclic amines) is 1. The largest absolute Gasteiger partial charge is 0.337 e. The van der Waals surface area contributed by atoms with E-state index in [1.54, 1.807) is 4.68 Å². The fourth-order valence-corrected chi connectivity index (χ4v) is 3.16. The van der Waals surface area contributed by atoms with Crippen LogP contribution in [0.4, 0.5) is 0 Å². The van der Waals surface area contributed by atoms with Crippen molar-refractivity contribution in [2.24, 2.45) is 24.6 Å². The molecular formula is C16H22N4O. The first-order valence-corrected chi connectivity index (χ1v) is 7.53. The van der Waals surface area contributed by atoms with Crippen molar-refractivity contribution in [3.05, 3.63) is 30.0 Å². The SMILES string of the molecule is CC1CCN(C(=O)c2nn(C)c3ccccc23)CC1CN. The Morgan fingerprint density at radius 1 is 1.43 bits per heavy atom. The molecule has 1 amide bonds. The van der Waals surface area contributed by atoms with Gasteiger partial charge in [0.05, 0.1) is 5.52 Å². The number of piperidine rings is 1. The second kappa shape index (κ2) is 5.48. The lowest BCUT2D eigenvalue weighted by molar-refractivity contribution is 0.0614. The van der Waals surface area contributed by atoms with Gasteiger partial charge < -0.3 is 10.6 Å². The molecule has 2 heterocycles. The predicted molar refractivity (Wildman–Crippen MR) is 82.9 cm³/mol. The number of hydrogen-bond donors (Lipinski definition) is 1. The Morgan fingerprint density at radius 3 is 2.95 bits per heavy atom. The van der Waals surface area contributed by atoms with Crippen LogP contribution < -0.4 is 5.73 Å². The van der Waals surface area contributed by atoms with Crippen LogP contribution in [0.5, 0.6) is 0 Å². The zero-order valence-electron chi connectivity index (χ0n) is 12.6. The molecule has 1 aromatic heterocycles. The molecule has 1 fully saturated rings. The first-order valence-electron chi connectivity index (χ1n) is 7.53. The molecule has 0 aliphatic carbocycles. The molecule has 0 saturated carbocycles. The summed E-state index contributed by atoms with van der Waals surface area (Å²) in [5, 5.41) is 5.35. The first-order chi connectivity index (χ1) is 10.1. The molecule has 2 aromatic rings. The van der Waals surface area contributed by atoms with E-state index in [1.165, 1.54) is 0 Å². The van der Waals surface area contributed by atoms with Gasteiger partial charge in [-0.25, -0.2) is 0 Å². The standard InChI is InChI=1S/C16H22N4O/c1-11-7-8-20(10-12(11)9-17)16(21)15-13-5-3-4-6-14(13)19(2)18-15/h3-6,11-12H,7-10,17H2,1-2H3. The van der Waals surface area contributed by atoms with Gasteiger partial charge in [-0.15, -0.1) is 0 Å². The number of para-hydroxylation sites is 1. The number of aromatic nitrogens is 2. The van der Waals surface area contributed by atoms with Gasteiger partial charge in [0.15, 0.2) is 5.69 Å². The molecule has 1 aromatic carbocycles. The summed E-state index contributed by atoms with van der Waals surface area (Å²) >= 11 is 0. The Labute approximate surface area is 124 Å². The minimum absolute atomic E-state index is 0.0251. The molecular weight excluding hydrogens is 264 g/mol. The molecule has 0 spiro atoms. The molecule has 2 N–H and O–H groups in total. The van der Waals surface area contributed by atoms with E-state index in [-0.39, 0.29) is 5.91 Å². The molecule has 0 radical (unpaired) electrons. The number of nitrogens with zero attached hydrogens (tertiary/aromatic N) is 3. The maximum absolute atomic E-state index is 12.8. The van der Waals surface area contributed by atoms with Crippen molar-refractivity contribution in [1.82, 2.24) is 14.7 Å². The monoisotopic (exact) mass is 286 g/mol. The lowest BCUT2D eigenvalue weighted by Crippen LogP contribution is -2.45. The highest BCUT2D eigenvalue weighted by molar-refractivity contribution is 6.04. The fourth-order valence-electron chi connectivity index (χ4n) is 3.16. The second-order valence-corrected chi connectivity index (χ2v) is 6.00. The number of amides is 1. The van der Waals surface area contributed by atoms with Crippen LogP contribution in [-0.4, -0.2) is 40.2 Å². The van der Waals surface area contributed by atoms with E-state index in [9.17, 15) is 4.79 Å². The Balaban J connectivity index is 1.91. The van der Waals surface area contributed by atoms with Gasteiger partial charge in [0.25, 0.3) is 5.91 Å². The van der Waals surface area contributed by atoms with Crippen LogP contribution in [0, 0.1) is 11.8 Å². The van der Waals surface area contributed by atoms with Crippen LogP contribution >= 0.6 is 0 Å². The van der Waals surface area contributed by atoms with Crippen molar-refractivity contribution in [2.75, 3.05) is 19.6 Å². The van der Waals surface area contributed by atoms with Gasteiger partial charge in [-0.2, -0.15) is 5.10 Å². The highest BCUT2D eigenvalue weighted by Crippen LogP contribution is 2.25. The summed E-state index contributed by atoms with van der Waals surface area (Å²) in [7, 11) is 1.88. The number of fused-ring (bicyclic) bond motifs is 1. The maximum atomic E-state index is 12.8. The summed E-state index contributed by atoms with van der Waals surface area (Å²) < 4.78 is 1.77. The van der Waals surface area contributed by atoms with Gasteiger partial charge in [0.2, 0.25) is 0 Å². The first kappa shape index (κ1) is 14.1. The number of aryl methyl sites for hydroxylation is 1. The van der Waals surface area contributed by atoms with E-state index >= 15 is 0 Å². The maximum Gasteiger partial charge on any atom is 0.275 e. The Morgan fingerprint density at radius 2 is 2.19 bits per heavy atom. The lowest BCUT2D eigenvalue weighted by Gasteiger charge is -2.36. The summed E-state index contributed by atoms with van der Waals surface area (Å²) in [6.07, 6.45) is 1.01. The summed E-state index contributed by atoms with van der Waals surface area (Å²) in [4.78, 5) is 14.7. The zero-order valence-corrected chi connectivity index (χ0v) is 12.6. The molecule has 3 rings (SSSR count). The molecule has 2 unspecified atom stereocenters. The number of carbonyl (C=O) groups is 1.